The second kappa shape index (κ2) is 15.7. The first kappa shape index (κ1) is 35.2. The van der Waals surface area contributed by atoms with Gasteiger partial charge in [-0.1, -0.05) is 56.8 Å². The zero-order chi connectivity index (χ0) is 32.5. The van der Waals surface area contributed by atoms with Gasteiger partial charge in [0.05, 0.1) is 24.0 Å². The molecule has 15 heteroatoms. The monoisotopic (exact) mass is 649 g/mol. The van der Waals surface area contributed by atoms with E-state index in [9.17, 15) is 19.5 Å². The summed E-state index contributed by atoms with van der Waals surface area (Å²) < 4.78 is 25.1. The van der Waals surface area contributed by atoms with Gasteiger partial charge in [0.15, 0.2) is 14.0 Å². The Balaban J connectivity index is 1.83. The Morgan fingerprint density at radius 3 is 2.57 bits per heavy atom. The van der Waals surface area contributed by atoms with E-state index in [0.717, 1.165) is 5.69 Å². The van der Waals surface area contributed by atoms with Crippen molar-refractivity contribution in [2.45, 2.75) is 81.5 Å². The van der Waals surface area contributed by atoms with Crippen molar-refractivity contribution in [3.05, 3.63) is 54.9 Å². The van der Waals surface area contributed by atoms with Crippen LogP contribution in [0.3, 0.4) is 0 Å². The molecule has 1 aliphatic heterocycles. The van der Waals surface area contributed by atoms with E-state index in [0.29, 0.717) is 12.2 Å². The summed E-state index contributed by atoms with van der Waals surface area (Å²) in [5.41, 5.74) is 5.26. The van der Waals surface area contributed by atoms with Gasteiger partial charge in [-0.05, 0) is 42.4 Å². The number of hydrogen-bond acceptors (Lipinski definition) is 11. The fourth-order valence-electron chi connectivity index (χ4n) is 4.06. The van der Waals surface area contributed by atoms with E-state index in [1.807, 2.05) is 43.4 Å². The number of thioether (sulfide) groups is 1. The lowest BCUT2D eigenvalue weighted by molar-refractivity contribution is -0.166. The van der Waals surface area contributed by atoms with Gasteiger partial charge in [0.25, 0.3) is 0 Å². The molecule has 2 amide bonds. The maximum Gasteiger partial charge on any atom is 0.407 e. The number of carbonyl (C=O) groups excluding carboxylic acids is 3. The molecule has 5 atom stereocenters. The fourth-order valence-corrected chi connectivity index (χ4v) is 6.58. The van der Waals surface area contributed by atoms with Gasteiger partial charge in [0.2, 0.25) is 5.91 Å². The molecule has 44 heavy (non-hydrogen) atoms. The number of nitrogens with zero attached hydrogens (tertiary/aromatic N) is 3. The van der Waals surface area contributed by atoms with Crippen LogP contribution in [0.1, 0.15) is 44.1 Å². The molecule has 0 spiro atoms. The Labute approximate surface area is 263 Å². The van der Waals surface area contributed by atoms with E-state index < -0.39 is 56.1 Å². The molecule has 2 heterocycles. The van der Waals surface area contributed by atoms with Gasteiger partial charge in [-0.3, -0.25) is 4.79 Å². The Kier molecular flexibility index (Phi) is 12.5. The summed E-state index contributed by atoms with van der Waals surface area (Å²) in [7, 11) is -2.51. The molecular weight excluding hydrogens is 606 g/mol. The number of carbonyl (C=O) groups is 3. The van der Waals surface area contributed by atoms with Crippen molar-refractivity contribution < 1.29 is 38.1 Å². The molecule has 0 aliphatic carbocycles. The molecule has 1 aliphatic rings. The molecular formula is C29H43N5O8SSi. The average Bonchev–Trinajstić information content (AvgIpc) is 3.46. The number of benzene rings is 1. The topological polar surface area (TPSA) is 177 Å². The average molecular weight is 650 g/mol. The molecule has 4 N–H and O–H groups in total. The zero-order valence-electron chi connectivity index (χ0n) is 25.8. The standard InChI is InChI=1S/C29H43N5O8SSi/c1-7-15-39-28(38)31-23-25(42-44(5,6)29(2,3)4)24(36)21(41-27(23)43-16-11-14-22(30)35)18-40-26(37)20-17-34(33-32-20)19-12-9-8-10-13-19/h7-10,12-13,17,21,23-25,27,36H,1,11,14-16,18H2,2-6H3,(H2,30,35)(H,31,38)/t21-,23-,24+,25-,27-/m1/s1. The van der Waals surface area contributed by atoms with Gasteiger partial charge in [0.1, 0.15) is 30.9 Å². The van der Waals surface area contributed by atoms with Crippen molar-refractivity contribution in [1.82, 2.24) is 20.3 Å². The Morgan fingerprint density at radius 2 is 1.93 bits per heavy atom. The number of rotatable bonds is 14. The molecule has 1 aromatic carbocycles. The van der Waals surface area contributed by atoms with Gasteiger partial charge < -0.3 is 34.8 Å². The molecule has 0 radical (unpaired) electrons. The van der Waals surface area contributed by atoms with Gasteiger partial charge in [-0.2, -0.15) is 0 Å². The first-order valence-corrected chi connectivity index (χ1v) is 18.3. The molecule has 0 saturated carbocycles. The summed E-state index contributed by atoms with van der Waals surface area (Å²) in [5, 5.41) is 22.1. The highest BCUT2D eigenvalue weighted by Crippen LogP contribution is 2.40. The van der Waals surface area contributed by atoms with E-state index in [1.165, 1.54) is 28.7 Å². The number of primary amides is 1. The molecule has 1 saturated heterocycles. The second-order valence-electron chi connectivity index (χ2n) is 11.9. The number of nitrogens with two attached hydrogens (primary N) is 1. The van der Waals surface area contributed by atoms with E-state index in [2.05, 4.69) is 43.0 Å². The first-order valence-electron chi connectivity index (χ1n) is 14.3. The Hall–Kier alpha value is -3.24. The molecule has 1 fully saturated rings. The van der Waals surface area contributed by atoms with Crippen LogP contribution in [0.5, 0.6) is 0 Å². The summed E-state index contributed by atoms with van der Waals surface area (Å²) in [6.07, 6.45) is -0.421. The number of aliphatic hydroxyl groups is 1. The van der Waals surface area contributed by atoms with Gasteiger partial charge >= 0.3 is 12.1 Å². The summed E-state index contributed by atoms with van der Waals surface area (Å²) in [6, 6.07) is 8.33. The number of alkyl carbamates (subject to hydrolysis) is 1. The first-order chi connectivity index (χ1) is 20.7. The number of nitrogens with one attached hydrogen (secondary N) is 1. The van der Waals surface area contributed by atoms with E-state index in [4.69, 9.17) is 24.4 Å². The quantitative estimate of drug-likeness (QED) is 0.119. The molecule has 2 aromatic rings. The van der Waals surface area contributed by atoms with Crippen LogP contribution in [0.15, 0.2) is 49.2 Å². The van der Waals surface area contributed by atoms with Gasteiger partial charge in [-0.25, -0.2) is 14.3 Å². The van der Waals surface area contributed by atoms with E-state index in [-0.39, 0.29) is 30.4 Å². The third-order valence-corrected chi connectivity index (χ3v) is 13.2. The van der Waals surface area contributed by atoms with Crippen LogP contribution < -0.4 is 11.1 Å². The van der Waals surface area contributed by atoms with Crippen molar-refractivity contribution in [2.24, 2.45) is 5.73 Å². The number of esters is 1. The Morgan fingerprint density at radius 1 is 1.23 bits per heavy atom. The highest BCUT2D eigenvalue weighted by Gasteiger charge is 2.51. The molecule has 13 nitrogen and oxygen atoms in total. The predicted molar refractivity (Wildman–Crippen MR) is 168 cm³/mol. The number of aromatic nitrogens is 3. The maximum absolute atomic E-state index is 12.9. The summed E-state index contributed by atoms with van der Waals surface area (Å²) in [4.78, 5) is 36.9. The van der Waals surface area contributed by atoms with E-state index >= 15 is 0 Å². The van der Waals surface area contributed by atoms with Gasteiger partial charge in [-0.15, -0.1) is 16.9 Å². The number of ether oxygens (including phenoxy) is 3. The van der Waals surface area contributed by atoms with Crippen LogP contribution in [0.25, 0.3) is 5.69 Å². The smallest absolute Gasteiger partial charge is 0.407 e. The van der Waals surface area contributed by atoms with Crippen molar-refractivity contribution in [1.29, 1.82) is 0 Å². The van der Waals surface area contributed by atoms with Crippen LogP contribution in [0.2, 0.25) is 18.1 Å². The summed E-state index contributed by atoms with van der Waals surface area (Å²) in [6.45, 7) is 13.5. The summed E-state index contributed by atoms with van der Waals surface area (Å²) in [5.74, 6) is -0.712. The zero-order valence-corrected chi connectivity index (χ0v) is 27.6. The number of amides is 2. The van der Waals surface area contributed by atoms with Crippen LogP contribution in [-0.2, 0) is 23.4 Å². The number of aliphatic hydroxyl groups excluding tert-OH is 1. The van der Waals surface area contributed by atoms with Crippen LogP contribution in [0.4, 0.5) is 4.79 Å². The predicted octanol–water partition coefficient (Wildman–Crippen LogP) is 3.18. The number of hydrogen-bond donors (Lipinski definition) is 3. The molecule has 1 aromatic heterocycles. The second-order valence-corrected chi connectivity index (χ2v) is 17.8. The van der Waals surface area contributed by atoms with Gasteiger partial charge in [0, 0.05) is 6.42 Å². The lowest BCUT2D eigenvalue weighted by Gasteiger charge is -2.49. The Bertz CT molecular complexity index is 1270. The highest BCUT2D eigenvalue weighted by atomic mass is 32.2. The largest absolute Gasteiger partial charge is 0.458 e. The van der Waals surface area contributed by atoms with Crippen molar-refractivity contribution in [3.63, 3.8) is 0 Å². The molecule has 0 unspecified atom stereocenters. The molecule has 3 rings (SSSR count). The van der Waals surface area contributed by atoms with Crippen LogP contribution in [-0.4, -0.2) is 95.1 Å². The minimum absolute atomic E-state index is 0.0143. The van der Waals surface area contributed by atoms with E-state index in [1.54, 1.807) is 0 Å². The SMILES string of the molecule is C=CCOC(=O)N[C@@H]1[C@@H](O[Si](C)(C)C(C)(C)C)[C@@H](O)[C@@H](COC(=O)c2cn(-c3ccccc3)nn2)O[C@@H]1SCCCC(N)=O. The lowest BCUT2D eigenvalue weighted by Crippen LogP contribution is -2.66. The third-order valence-electron chi connectivity index (χ3n) is 7.48. The highest BCUT2D eigenvalue weighted by molar-refractivity contribution is 7.99. The van der Waals surface area contributed by atoms with Crippen LogP contribution in [0, 0.1) is 0 Å². The number of para-hydroxylation sites is 1. The normalized spacial score (nSPS) is 22.2. The lowest BCUT2D eigenvalue weighted by atomic mass is 9.98. The van der Waals surface area contributed by atoms with Crippen molar-refractivity contribution >= 4 is 38.0 Å². The molecule has 0 bridgehead atoms. The minimum Gasteiger partial charge on any atom is -0.458 e. The minimum atomic E-state index is -2.51. The van der Waals surface area contributed by atoms with Crippen LogP contribution >= 0.6 is 11.8 Å². The fraction of sp³-hybridized carbons (Fsp3) is 0.552. The third kappa shape index (κ3) is 9.63. The van der Waals surface area contributed by atoms with Crippen molar-refractivity contribution in [3.8, 4) is 5.69 Å². The summed E-state index contributed by atoms with van der Waals surface area (Å²) >= 11 is 1.33. The van der Waals surface area contributed by atoms with Crippen molar-refractivity contribution in [2.75, 3.05) is 19.0 Å². The molecule has 242 valence electrons. The maximum atomic E-state index is 12.9.